The first-order valence-electron chi connectivity index (χ1n) is 19.3. The van der Waals surface area contributed by atoms with Crippen molar-refractivity contribution in [2.45, 2.75) is 38.3 Å². The molecule has 0 radical (unpaired) electrons. The summed E-state index contributed by atoms with van der Waals surface area (Å²) < 4.78 is 4.33. The minimum Gasteiger partial charge on any atom is -0.322 e. The second-order valence-corrected chi connectivity index (χ2v) is 14.1. The van der Waals surface area contributed by atoms with Gasteiger partial charge in [0.15, 0.2) is 5.82 Å². The molecule has 0 saturated heterocycles. The van der Waals surface area contributed by atoms with Gasteiger partial charge in [0.1, 0.15) is 11.4 Å². The number of aromatic nitrogens is 7. The van der Waals surface area contributed by atoms with E-state index in [9.17, 15) is 0 Å². The number of rotatable bonds is 12. The van der Waals surface area contributed by atoms with Gasteiger partial charge in [0, 0.05) is 24.1 Å². The molecule has 9 rings (SSSR count). The molecule has 0 aliphatic carbocycles. The molecule has 56 heavy (non-hydrogen) atoms. The number of hydrogen-bond acceptors (Lipinski definition) is 5. The first-order valence-corrected chi connectivity index (χ1v) is 19.3. The molecule has 7 heteroatoms. The smallest absolute Gasteiger partial charge is 0.184 e. The van der Waals surface area contributed by atoms with Crippen LogP contribution in [0.15, 0.2) is 182 Å². The average Bonchev–Trinajstić information content (AvgIpc) is 3.90. The van der Waals surface area contributed by atoms with Crippen molar-refractivity contribution < 1.29 is 0 Å². The molecule has 3 heterocycles. The minimum atomic E-state index is -0.848. The zero-order chi connectivity index (χ0) is 37.7. The standard InChI is InChI=1S/C49H41N7/c1-2-3-28-47-51-45-33-44(38-18-8-4-9-19-38)50-34-46(45)55(47)35-36-29-31-37(32-30-36)42-26-16-17-27-43(42)48-52-53-54-56(48)49(39-20-10-5-11-21-39,40-22-12-6-13-23-40)41-24-14-7-15-25-41/h4-27,29-34H,2-3,28,35H2,1H3. The number of unbranched alkanes of at least 4 members (excludes halogenated alkanes) is 1. The number of fused-ring (bicyclic) bond motifs is 1. The van der Waals surface area contributed by atoms with Crippen molar-refractivity contribution in [2.75, 3.05) is 0 Å². The van der Waals surface area contributed by atoms with E-state index in [1.54, 1.807) is 0 Å². The third-order valence-electron chi connectivity index (χ3n) is 10.7. The molecule has 0 bridgehead atoms. The van der Waals surface area contributed by atoms with Gasteiger partial charge in [0.2, 0.25) is 0 Å². The van der Waals surface area contributed by atoms with Crippen LogP contribution in [-0.2, 0) is 18.5 Å². The van der Waals surface area contributed by atoms with Crippen molar-refractivity contribution in [3.63, 3.8) is 0 Å². The van der Waals surface area contributed by atoms with Crippen molar-refractivity contribution in [1.29, 1.82) is 0 Å². The van der Waals surface area contributed by atoms with Crippen LogP contribution in [0, 0.1) is 0 Å². The summed E-state index contributed by atoms with van der Waals surface area (Å²) in [6, 6.07) is 61.2. The van der Waals surface area contributed by atoms with Crippen molar-refractivity contribution in [3.05, 3.63) is 210 Å². The Bertz CT molecular complexity index is 2590. The molecule has 272 valence electrons. The van der Waals surface area contributed by atoms with Gasteiger partial charge < -0.3 is 4.57 Å². The fourth-order valence-corrected chi connectivity index (χ4v) is 7.93. The summed E-state index contributed by atoms with van der Waals surface area (Å²) in [5.41, 5.74) is 10.7. The van der Waals surface area contributed by atoms with Crippen LogP contribution < -0.4 is 0 Å². The lowest BCUT2D eigenvalue weighted by molar-refractivity contribution is 0.451. The summed E-state index contributed by atoms with van der Waals surface area (Å²) in [5, 5.41) is 13.9. The molecule has 0 unspecified atom stereocenters. The molecule has 0 N–H and O–H groups in total. The van der Waals surface area contributed by atoms with Crippen LogP contribution in [0.25, 0.3) is 44.8 Å². The summed E-state index contributed by atoms with van der Waals surface area (Å²) in [6.07, 6.45) is 5.09. The lowest BCUT2D eigenvalue weighted by Gasteiger charge is -2.36. The molecule has 0 aliphatic rings. The van der Waals surface area contributed by atoms with Crippen LogP contribution in [0.4, 0.5) is 0 Å². The number of aryl methyl sites for hydroxylation is 1. The maximum Gasteiger partial charge on any atom is 0.184 e. The van der Waals surface area contributed by atoms with E-state index in [1.807, 2.05) is 47.3 Å². The predicted octanol–water partition coefficient (Wildman–Crippen LogP) is 10.6. The van der Waals surface area contributed by atoms with E-state index < -0.39 is 5.54 Å². The SMILES string of the molecule is CCCCc1nc2cc(-c3ccccc3)ncc2n1Cc1ccc(-c2ccccc2-c2nnnn2C(c2ccccc2)(c2ccccc2)c2ccccc2)cc1. The van der Waals surface area contributed by atoms with Gasteiger partial charge in [-0.15, -0.1) is 5.10 Å². The van der Waals surface area contributed by atoms with E-state index >= 15 is 0 Å². The molecule has 0 saturated carbocycles. The minimum absolute atomic E-state index is 0.675. The van der Waals surface area contributed by atoms with Crippen LogP contribution in [0.1, 0.15) is 47.8 Å². The molecule has 0 amide bonds. The number of pyridine rings is 1. The van der Waals surface area contributed by atoms with Gasteiger partial charge in [-0.3, -0.25) is 4.98 Å². The molecule has 0 atom stereocenters. The monoisotopic (exact) mass is 727 g/mol. The van der Waals surface area contributed by atoms with Gasteiger partial charge in [-0.25, -0.2) is 9.67 Å². The molecule has 7 nitrogen and oxygen atoms in total. The van der Waals surface area contributed by atoms with E-state index in [0.717, 1.165) is 80.8 Å². The Morgan fingerprint density at radius 3 is 1.77 bits per heavy atom. The first kappa shape index (κ1) is 34.8. The second-order valence-electron chi connectivity index (χ2n) is 14.1. The Kier molecular flexibility index (Phi) is 9.56. The highest BCUT2D eigenvalue weighted by Gasteiger charge is 2.42. The van der Waals surface area contributed by atoms with Gasteiger partial charge in [-0.2, -0.15) is 0 Å². The Hall–Kier alpha value is -6.99. The van der Waals surface area contributed by atoms with Crippen LogP contribution in [0.2, 0.25) is 0 Å². The van der Waals surface area contributed by atoms with Gasteiger partial charge in [-0.05, 0) is 56.3 Å². The fraction of sp³-hybridized carbons (Fsp3) is 0.122. The molecular formula is C49H41N7. The zero-order valence-electron chi connectivity index (χ0n) is 31.3. The lowest BCUT2D eigenvalue weighted by Crippen LogP contribution is -2.39. The molecular weight excluding hydrogens is 687 g/mol. The summed E-state index contributed by atoms with van der Waals surface area (Å²) >= 11 is 0. The Balaban J connectivity index is 1.11. The molecule has 0 spiro atoms. The first-order chi connectivity index (χ1) is 27.7. The highest BCUT2D eigenvalue weighted by atomic mass is 15.6. The quantitative estimate of drug-likeness (QED) is 0.117. The highest BCUT2D eigenvalue weighted by molar-refractivity contribution is 5.82. The molecule has 0 fully saturated rings. The second kappa shape index (κ2) is 15.4. The number of imidazole rings is 1. The maximum atomic E-state index is 5.13. The third-order valence-corrected chi connectivity index (χ3v) is 10.7. The van der Waals surface area contributed by atoms with Gasteiger partial charge in [0.05, 0.1) is 22.9 Å². The Morgan fingerprint density at radius 1 is 0.589 bits per heavy atom. The van der Waals surface area contributed by atoms with E-state index in [4.69, 9.17) is 20.3 Å². The zero-order valence-corrected chi connectivity index (χ0v) is 31.3. The summed E-state index contributed by atoms with van der Waals surface area (Å²) in [6.45, 7) is 2.93. The van der Waals surface area contributed by atoms with Crippen LogP contribution in [0.5, 0.6) is 0 Å². The summed E-state index contributed by atoms with van der Waals surface area (Å²) in [7, 11) is 0. The maximum absolute atomic E-state index is 5.13. The van der Waals surface area contributed by atoms with Crippen LogP contribution >= 0.6 is 0 Å². The van der Waals surface area contributed by atoms with Crippen molar-refractivity contribution in [3.8, 4) is 33.8 Å². The van der Waals surface area contributed by atoms with Gasteiger partial charge in [-0.1, -0.05) is 183 Å². The molecule has 9 aromatic rings. The van der Waals surface area contributed by atoms with Crippen LogP contribution in [-0.4, -0.2) is 34.7 Å². The number of nitrogens with zero attached hydrogens (tertiary/aromatic N) is 7. The predicted molar refractivity (Wildman–Crippen MR) is 224 cm³/mol. The summed E-state index contributed by atoms with van der Waals surface area (Å²) in [5.74, 6) is 1.77. The van der Waals surface area contributed by atoms with Crippen molar-refractivity contribution >= 4 is 11.0 Å². The third kappa shape index (κ3) is 6.37. The lowest BCUT2D eigenvalue weighted by atomic mass is 9.77. The summed E-state index contributed by atoms with van der Waals surface area (Å²) in [4.78, 5) is 10.00. The number of benzene rings is 6. The van der Waals surface area contributed by atoms with Crippen LogP contribution in [0.3, 0.4) is 0 Å². The Labute approximate surface area is 327 Å². The molecule has 6 aromatic carbocycles. The highest BCUT2D eigenvalue weighted by Crippen LogP contribution is 2.43. The largest absolute Gasteiger partial charge is 0.322 e. The van der Waals surface area contributed by atoms with Gasteiger partial charge in [0.25, 0.3) is 0 Å². The normalized spacial score (nSPS) is 11.6. The molecule has 3 aromatic heterocycles. The van der Waals surface area contributed by atoms with E-state index in [1.165, 1.54) is 5.56 Å². The van der Waals surface area contributed by atoms with E-state index in [0.29, 0.717) is 12.4 Å². The van der Waals surface area contributed by atoms with E-state index in [-0.39, 0.29) is 0 Å². The van der Waals surface area contributed by atoms with E-state index in [2.05, 4.69) is 156 Å². The Morgan fingerprint density at radius 2 is 1.16 bits per heavy atom. The average molecular weight is 728 g/mol. The van der Waals surface area contributed by atoms with Crippen molar-refractivity contribution in [1.82, 2.24) is 34.7 Å². The van der Waals surface area contributed by atoms with Crippen molar-refractivity contribution in [2.24, 2.45) is 0 Å². The number of hydrogen-bond donors (Lipinski definition) is 0. The fourth-order valence-electron chi connectivity index (χ4n) is 7.93. The van der Waals surface area contributed by atoms with Gasteiger partial charge >= 0.3 is 0 Å². The molecule has 0 aliphatic heterocycles. The number of tetrazole rings is 1. The topological polar surface area (TPSA) is 74.3 Å².